The quantitative estimate of drug-likeness (QED) is 0.463. The average molecular weight is 248 g/mol. The van der Waals surface area contributed by atoms with E-state index in [9.17, 15) is 4.79 Å². The van der Waals surface area contributed by atoms with Crippen LogP contribution in [0.4, 0.5) is 0 Å². The van der Waals surface area contributed by atoms with Crippen molar-refractivity contribution in [3.63, 3.8) is 0 Å². The predicted octanol–water partition coefficient (Wildman–Crippen LogP) is 3.01. The maximum Gasteiger partial charge on any atom is 0.330 e. The lowest BCUT2D eigenvalue weighted by molar-refractivity contribution is -0.138. The van der Waals surface area contributed by atoms with Crippen LogP contribution in [0.2, 0.25) is 0 Å². The summed E-state index contributed by atoms with van der Waals surface area (Å²) in [6.45, 7) is 3.90. The van der Waals surface area contributed by atoms with Gasteiger partial charge >= 0.3 is 5.97 Å². The van der Waals surface area contributed by atoms with Crippen LogP contribution in [0.25, 0.3) is 10.1 Å². The molecule has 0 unspecified atom stereocenters. The fraction of sp³-hybridized carbons (Fsp3) is 0.154. The van der Waals surface area contributed by atoms with Gasteiger partial charge in [-0.2, -0.15) is 0 Å². The molecule has 0 atom stereocenters. The second-order valence-electron chi connectivity index (χ2n) is 3.32. The monoisotopic (exact) mass is 248 g/mol. The van der Waals surface area contributed by atoms with E-state index in [0.717, 1.165) is 17.2 Å². The Balaban J connectivity index is 1.91. The number of rotatable bonds is 5. The van der Waals surface area contributed by atoms with Crippen molar-refractivity contribution in [1.82, 2.24) is 0 Å². The van der Waals surface area contributed by atoms with Gasteiger partial charge in [0, 0.05) is 21.5 Å². The standard InChI is InChI=1S/C13H12O3S/c1-2-13(14)16-8-7-15-11-9-17-12-6-4-3-5-10(11)12/h2-6,9H,1,7-8H2. The first-order chi connectivity index (χ1) is 8.31. The zero-order valence-corrected chi connectivity index (χ0v) is 10.0. The molecule has 0 spiro atoms. The van der Waals surface area contributed by atoms with Gasteiger partial charge in [0.25, 0.3) is 0 Å². The minimum atomic E-state index is -0.427. The lowest BCUT2D eigenvalue weighted by Gasteiger charge is -2.04. The SMILES string of the molecule is C=CC(=O)OCCOc1csc2ccccc12. The minimum Gasteiger partial charge on any atom is -0.489 e. The number of benzene rings is 1. The van der Waals surface area contributed by atoms with E-state index in [1.807, 2.05) is 29.6 Å². The van der Waals surface area contributed by atoms with E-state index in [4.69, 9.17) is 9.47 Å². The van der Waals surface area contributed by atoms with Gasteiger partial charge in [0.2, 0.25) is 0 Å². The van der Waals surface area contributed by atoms with Crippen LogP contribution in [-0.2, 0) is 9.53 Å². The molecule has 1 aromatic carbocycles. The first kappa shape index (κ1) is 11.7. The Bertz CT molecular complexity index is 530. The number of carbonyl (C=O) groups excluding carboxylic acids is 1. The zero-order valence-electron chi connectivity index (χ0n) is 9.22. The molecular formula is C13H12O3S. The maximum absolute atomic E-state index is 10.8. The van der Waals surface area contributed by atoms with Crippen LogP contribution < -0.4 is 4.74 Å². The van der Waals surface area contributed by atoms with E-state index in [0.29, 0.717) is 6.61 Å². The summed E-state index contributed by atoms with van der Waals surface area (Å²) in [6.07, 6.45) is 1.14. The molecule has 17 heavy (non-hydrogen) atoms. The fourth-order valence-corrected chi connectivity index (χ4v) is 2.30. The van der Waals surface area contributed by atoms with E-state index in [1.54, 1.807) is 11.3 Å². The van der Waals surface area contributed by atoms with Crippen LogP contribution in [0, 0.1) is 0 Å². The smallest absolute Gasteiger partial charge is 0.330 e. The molecule has 88 valence electrons. The Morgan fingerprint density at radius 2 is 2.18 bits per heavy atom. The van der Waals surface area contributed by atoms with Gasteiger partial charge in [-0.15, -0.1) is 11.3 Å². The van der Waals surface area contributed by atoms with Crippen molar-refractivity contribution in [3.8, 4) is 5.75 Å². The highest BCUT2D eigenvalue weighted by Crippen LogP contribution is 2.31. The van der Waals surface area contributed by atoms with E-state index >= 15 is 0 Å². The maximum atomic E-state index is 10.8. The molecule has 4 heteroatoms. The third-order valence-electron chi connectivity index (χ3n) is 2.20. The summed E-state index contributed by atoms with van der Waals surface area (Å²) >= 11 is 1.63. The van der Waals surface area contributed by atoms with Crippen LogP contribution in [-0.4, -0.2) is 19.2 Å². The molecule has 0 radical (unpaired) electrons. The third kappa shape index (κ3) is 2.85. The van der Waals surface area contributed by atoms with E-state index in [1.165, 1.54) is 4.70 Å². The summed E-state index contributed by atoms with van der Waals surface area (Å²) in [5.41, 5.74) is 0. The van der Waals surface area contributed by atoms with Crippen LogP contribution >= 0.6 is 11.3 Å². The third-order valence-corrected chi connectivity index (χ3v) is 3.14. The lowest BCUT2D eigenvalue weighted by atomic mass is 10.2. The van der Waals surface area contributed by atoms with Gasteiger partial charge in [0.05, 0.1) is 0 Å². The molecule has 1 aromatic heterocycles. The largest absolute Gasteiger partial charge is 0.489 e. The number of esters is 1. The number of hydrogen-bond donors (Lipinski definition) is 0. The zero-order chi connectivity index (χ0) is 12.1. The van der Waals surface area contributed by atoms with Gasteiger partial charge in [-0.1, -0.05) is 18.7 Å². The summed E-state index contributed by atoms with van der Waals surface area (Å²) < 4.78 is 11.6. The molecule has 0 bridgehead atoms. The number of fused-ring (bicyclic) bond motifs is 1. The van der Waals surface area contributed by atoms with Gasteiger partial charge in [-0.3, -0.25) is 0 Å². The fourth-order valence-electron chi connectivity index (χ4n) is 1.42. The molecule has 0 fully saturated rings. The van der Waals surface area contributed by atoms with Crippen molar-refractivity contribution in [1.29, 1.82) is 0 Å². The molecule has 0 saturated carbocycles. The van der Waals surface area contributed by atoms with Gasteiger partial charge in [0.15, 0.2) is 0 Å². The summed E-state index contributed by atoms with van der Waals surface area (Å²) in [7, 11) is 0. The number of hydrogen-bond acceptors (Lipinski definition) is 4. The lowest BCUT2D eigenvalue weighted by Crippen LogP contribution is -2.09. The van der Waals surface area contributed by atoms with Gasteiger partial charge in [-0.25, -0.2) is 4.79 Å². The molecule has 0 aliphatic rings. The molecule has 0 amide bonds. The van der Waals surface area contributed by atoms with E-state index in [2.05, 4.69) is 6.58 Å². The summed E-state index contributed by atoms with van der Waals surface area (Å²) in [6, 6.07) is 8.02. The van der Waals surface area contributed by atoms with Crippen molar-refractivity contribution in [2.24, 2.45) is 0 Å². The minimum absolute atomic E-state index is 0.231. The Kier molecular flexibility index (Phi) is 3.77. The van der Waals surface area contributed by atoms with Crippen LogP contribution in [0.5, 0.6) is 5.75 Å². The molecule has 3 nitrogen and oxygen atoms in total. The predicted molar refractivity (Wildman–Crippen MR) is 68.5 cm³/mol. The first-order valence-corrected chi connectivity index (χ1v) is 6.07. The number of ether oxygens (including phenoxy) is 2. The molecule has 0 aliphatic heterocycles. The van der Waals surface area contributed by atoms with Crippen LogP contribution in [0.15, 0.2) is 42.3 Å². The highest BCUT2D eigenvalue weighted by atomic mass is 32.1. The van der Waals surface area contributed by atoms with Crippen LogP contribution in [0.3, 0.4) is 0 Å². The summed E-state index contributed by atoms with van der Waals surface area (Å²) in [5, 5.41) is 3.05. The number of thiophene rings is 1. The summed E-state index contributed by atoms with van der Waals surface area (Å²) in [4.78, 5) is 10.8. The van der Waals surface area contributed by atoms with Gasteiger partial charge in [-0.05, 0) is 12.1 Å². The second-order valence-corrected chi connectivity index (χ2v) is 4.23. The van der Waals surface area contributed by atoms with Gasteiger partial charge < -0.3 is 9.47 Å². The van der Waals surface area contributed by atoms with Crippen molar-refractivity contribution >= 4 is 27.4 Å². The molecular weight excluding hydrogens is 236 g/mol. The highest BCUT2D eigenvalue weighted by molar-refractivity contribution is 7.17. The van der Waals surface area contributed by atoms with Crippen molar-refractivity contribution in [2.45, 2.75) is 0 Å². The Hall–Kier alpha value is -1.81. The van der Waals surface area contributed by atoms with Crippen molar-refractivity contribution in [2.75, 3.05) is 13.2 Å². The van der Waals surface area contributed by atoms with E-state index in [-0.39, 0.29) is 6.61 Å². The molecule has 0 saturated heterocycles. The Labute approximate surface area is 103 Å². The molecule has 0 aliphatic carbocycles. The van der Waals surface area contributed by atoms with Crippen molar-refractivity contribution in [3.05, 3.63) is 42.3 Å². The number of carbonyl (C=O) groups is 1. The average Bonchev–Trinajstić information content (AvgIpc) is 2.78. The van der Waals surface area contributed by atoms with Crippen LogP contribution in [0.1, 0.15) is 0 Å². The highest BCUT2D eigenvalue weighted by Gasteiger charge is 2.04. The topological polar surface area (TPSA) is 35.5 Å². The Morgan fingerprint density at radius 3 is 3.00 bits per heavy atom. The van der Waals surface area contributed by atoms with Crippen molar-refractivity contribution < 1.29 is 14.3 Å². The molecule has 2 aromatic rings. The van der Waals surface area contributed by atoms with Gasteiger partial charge in [0.1, 0.15) is 19.0 Å². The second kappa shape index (κ2) is 5.50. The van der Waals surface area contributed by atoms with E-state index < -0.39 is 5.97 Å². The summed E-state index contributed by atoms with van der Waals surface area (Å²) in [5.74, 6) is 0.407. The molecule has 0 N–H and O–H groups in total. The normalized spacial score (nSPS) is 10.1. The first-order valence-electron chi connectivity index (χ1n) is 5.19. The molecule has 1 heterocycles. The molecule has 2 rings (SSSR count). The Morgan fingerprint density at radius 1 is 1.35 bits per heavy atom.